The van der Waals surface area contributed by atoms with Gasteiger partial charge >= 0.3 is 6.09 Å². The summed E-state index contributed by atoms with van der Waals surface area (Å²) in [6, 6.07) is 3.35. The molecule has 0 aliphatic carbocycles. The molecule has 0 aliphatic heterocycles. The third-order valence-electron chi connectivity index (χ3n) is 2.55. The Kier molecular flexibility index (Phi) is 5.60. The molecule has 2 aromatic heterocycles. The van der Waals surface area contributed by atoms with Crippen LogP contribution in [0.15, 0.2) is 36.9 Å². The molecule has 0 bridgehead atoms. The first kappa shape index (κ1) is 17.9. The Labute approximate surface area is 133 Å². The SMILES string of the molecule is CC(C)(C)N(C(=N)n1cccn1)C(=O)O.N=C(N)n1cccn1. The zero-order chi connectivity index (χ0) is 17.6. The molecule has 0 unspecified atom stereocenters. The predicted molar refractivity (Wildman–Crippen MR) is 84.5 cm³/mol. The Morgan fingerprint density at radius 1 is 1.13 bits per heavy atom. The van der Waals surface area contributed by atoms with E-state index in [1.165, 1.54) is 21.8 Å². The van der Waals surface area contributed by atoms with Crippen LogP contribution in [0.25, 0.3) is 0 Å². The van der Waals surface area contributed by atoms with Crippen molar-refractivity contribution in [3.05, 3.63) is 36.9 Å². The maximum absolute atomic E-state index is 11.0. The van der Waals surface area contributed by atoms with E-state index in [9.17, 15) is 4.79 Å². The van der Waals surface area contributed by atoms with E-state index in [0.717, 1.165) is 4.90 Å². The maximum Gasteiger partial charge on any atom is 0.414 e. The molecule has 10 heteroatoms. The summed E-state index contributed by atoms with van der Waals surface area (Å²) < 4.78 is 2.49. The molecule has 0 aliphatic rings. The molecule has 2 rings (SSSR count). The smallest absolute Gasteiger partial charge is 0.414 e. The van der Waals surface area contributed by atoms with Crippen molar-refractivity contribution in [2.24, 2.45) is 5.73 Å². The van der Waals surface area contributed by atoms with Gasteiger partial charge in [0.2, 0.25) is 11.9 Å². The van der Waals surface area contributed by atoms with Crippen LogP contribution in [0, 0.1) is 10.8 Å². The van der Waals surface area contributed by atoms with E-state index in [-0.39, 0.29) is 11.9 Å². The topological polar surface area (TPSA) is 150 Å². The fourth-order valence-electron chi connectivity index (χ4n) is 1.60. The van der Waals surface area contributed by atoms with Crippen LogP contribution < -0.4 is 5.73 Å². The van der Waals surface area contributed by atoms with Crippen molar-refractivity contribution in [3.63, 3.8) is 0 Å². The minimum absolute atomic E-state index is 0.0602. The summed E-state index contributed by atoms with van der Waals surface area (Å²) in [4.78, 5) is 12.0. The van der Waals surface area contributed by atoms with Crippen molar-refractivity contribution in [2.75, 3.05) is 0 Å². The van der Waals surface area contributed by atoms with Crippen LogP contribution in [0.2, 0.25) is 0 Å². The van der Waals surface area contributed by atoms with Crippen LogP contribution in [-0.4, -0.2) is 53.1 Å². The van der Waals surface area contributed by atoms with Crippen LogP contribution in [0.1, 0.15) is 20.8 Å². The molecular weight excluding hydrogens is 300 g/mol. The average molecular weight is 320 g/mol. The molecule has 0 spiro atoms. The molecule has 0 fully saturated rings. The highest BCUT2D eigenvalue weighted by molar-refractivity contribution is 5.93. The van der Waals surface area contributed by atoms with E-state index in [1.54, 1.807) is 45.3 Å². The van der Waals surface area contributed by atoms with Gasteiger partial charge in [0.05, 0.1) is 0 Å². The third kappa shape index (κ3) is 4.95. The Hall–Kier alpha value is -3.17. The Balaban J connectivity index is 0.000000277. The number of carbonyl (C=O) groups is 1. The van der Waals surface area contributed by atoms with E-state index < -0.39 is 11.6 Å². The van der Waals surface area contributed by atoms with Gasteiger partial charge < -0.3 is 10.8 Å². The summed E-state index contributed by atoms with van der Waals surface area (Å²) in [6.07, 6.45) is 5.05. The van der Waals surface area contributed by atoms with E-state index in [0.29, 0.717) is 0 Å². The van der Waals surface area contributed by atoms with E-state index >= 15 is 0 Å². The lowest BCUT2D eigenvalue weighted by Crippen LogP contribution is -2.51. The standard InChI is InChI=1S/C9H14N4O2.C4H6N4/c1-9(2,3)13(8(14)15)7(10)12-6-4-5-11-12;5-4(6)8-3-1-2-7-8/h4-6,10H,1-3H3,(H,14,15);1-3H,(H3,5,6). The van der Waals surface area contributed by atoms with Gasteiger partial charge in [-0.15, -0.1) is 0 Å². The van der Waals surface area contributed by atoms with Crippen molar-refractivity contribution < 1.29 is 9.90 Å². The molecule has 124 valence electrons. The number of nitrogens with one attached hydrogen (secondary N) is 2. The molecule has 10 nitrogen and oxygen atoms in total. The first-order valence-electron chi connectivity index (χ1n) is 6.60. The fourth-order valence-corrected chi connectivity index (χ4v) is 1.60. The van der Waals surface area contributed by atoms with Gasteiger partial charge in [-0.2, -0.15) is 10.2 Å². The fraction of sp³-hybridized carbons (Fsp3) is 0.308. The van der Waals surface area contributed by atoms with E-state index in [4.69, 9.17) is 21.7 Å². The van der Waals surface area contributed by atoms with Crippen LogP contribution in [0.4, 0.5) is 4.79 Å². The van der Waals surface area contributed by atoms with E-state index in [2.05, 4.69) is 10.2 Å². The molecule has 23 heavy (non-hydrogen) atoms. The summed E-state index contributed by atoms with van der Waals surface area (Å²) in [6.45, 7) is 5.16. The normalized spacial score (nSPS) is 10.4. The lowest BCUT2D eigenvalue weighted by Gasteiger charge is -2.32. The molecule has 0 saturated carbocycles. The second-order valence-corrected chi connectivity index (χ2v) is 5.40. The van der Waals surface area contributed by atoms with Crippen molar-refractivity contribution in [1.82, 2.24) is 24.5 Å². The number of hydrogen-bond donors (Lipinski definition) is 4. The number of nitrogen functional groups attached to an aromatic ring is 1. The van der Waals surface area contributed by atoms with Gasteiger partial charge in [-0.3, -0.25) is 10.8 Å². The number of carboxylic acid groups (broad SMARTS) is 1. The number of rotatable bonds is 0. The van der Waals surface area contributed by atoms with Crippen molar-refractivity contribution in [1.29, 1.82) is 10.8 Å². The number of nitrogens with zero attached hydrogens (tertiary/aromatic N) is 5. The highest BCUT2D eigenvalue weighted by Crippen LogP contribution is 2.14. The molecule has 2 heterocycles. The first-order valence-corrected chi connectivity index (χ1v) is 6.60. The zero-order valence-electron chi connectivity index (χ0n) is 13.1. The maximum atomic E-state index is 11.0. The van der Waals surface area contributed by atoms with Gasteiger partial charge in [0.15, 0.2) is 0 Å². The summed E-state index contributed by atoms with van der Waals surface area (Å²) in [7, 11) is 0. The summed E-state index contributed by atoms with van der Waals surface area (Å²) in [5.41, 5.74) is 4.37. The Morgan fingerprint density at radius 3 is 1.87 bits per heavy atom. The summed E-state index contributed by atoms with van der Waals surface area (Å²) in [5, 5.41) is 31.1. The van der Waals surface area contributed by atoms with Crippen LogP contribution in [-0.2, 0) is 0 Å². The second-order valence-electron chi connectivity index (χ2n) is 5.40. The average Bonchev–Trinajstić information content (AvgIpc) is 3.11. The Morgan fingerprint density at radius 2 is 1.61 bits per heavy atom. The highest BCUT2D eigenvalue weighted by atomic mass is 16.4. The van der Waals surface area contributed by atoms with Gasteiger partial charge in [-0.1, -0.05) is 0 Å². The minimum atomic E-state index is -1.16. The van der Waals surface area contributed by atoms with Crippen molar-refractivity contribution >= 4 is 18.0 Å². The van der Waals surface area contributed by atoms with E-state index in [1.807, 2.05) is 0 Å². The van der Waals surface area contributed by atoms with Gasteiger partial charge in [-0.25, -0.2) is 19.1 Å². The number of amides is 1. The van der Waals surface area contributed by atoms with Crippen molar-refractivity contribution in [3.8, 4) is 0 Å². The molecule has 0 radical (unpaired) electrons. The van der Waals surface area contributed by atoms with Crippen LogP contribution in [0.5, 0.6) is 0 Å². The molecule has 0 aromatic carbocycles. The largest absolute Gasteiger partial charge is 0.465 e. The molecule has 0 atom stereocenters. The molecule has 1 amide bonds. The summed E-state index contributed by atoms with van der Waals surface area (Å²) >= 11 is 0. The number of aromatic nitrogens is 4. The number of nitrogens with two attached hydrogens (primary N) is 1. The lowest BCUT2D eigenvalue weighted by molar-refractivity contribution is 0.138. The lowest BCUT2D eigenvalue weighted by atomic mass is 10.1. The summed E-state index contributed by atoms with van der Waals surface area (Å²) in [5.74, 6) is -0.241. The third-order valence-corrected chi connectivity index (χ3v) is 2.55. The zero-order valence-corrected chi connectivity index (χ0v) is 13.1. The first-order chi connectivity index (χ1) is 10.6. The molecular formula is C13H20N8O2. The predicted octanol–water partition coefficient (Wildman–Crippen LogP) is 1.07. The molecule has 0 saturated heterocycles. The number of hydrogen-bond acceptors (Lipinski definition) is 5. The quantitative estimate of drug-likeness (QED) is 0.423. The Bertz CT molecular complexity index is 655. The van der Waals surface area contributed by atoms with Gasteiger partial charge in [0, 0.05) is 30.3 Å². The highest BCUT2D eigenvalue weighted by Gasteiger charge is 2.31. The minimum Gasteiger partial charge on any atom is -0.465 e. The van der Waals surface area contributed by atoms with Gasteiger partial charge in [-0.05, 0) is 32.9 Å². The van der Waals surface area contributed by atoms with Crippen molar-refractivity contribution in [2.45, 2.75) is 26.3 Å². The van der Waals surface area contributed by atoms with Gasteiger partial charge in [0.1, 0.15) is 0 Å². The van der Waals surface area contributed by atoms with Gasteiger partial charge in [0.25, 0.3) is 0 Å². The second kappa shape index (κ2) is 7.20. The van der Waals surface area contributed by atoms with Crippen LogP contribution >= 0.6 is 0 Å². The monoisotopic (exact) mass is 320 g/mol. The molecule has 2 aromatic rings. The molecule has 5 N–H and O–H groups in total. The van der Waals surface area contributed by atoms with Crippen LogP contribution in [0.3, 0.4) is 0 Å².